The molecule has 0 bridgehead atoms. The third kappa shape index (κ3) is 3.88. The van der Waals surface area contributed by atoms with Crippen LogP contribution in [0.4, 0.5) is 5.82 Å². The molecule has 1 fully saturated rings. The number of anilines is 1. The standard InChI is InChI=1S/C21H26N6O2/c1-24-13-17(12-23-24)16-6-4-5-15(9-16)11-22-18-7-8-27(14-18)19-10-20(28)26(3)21(29)25(19)2/h4-6,9-10,12-13,18,22H,7-8,11,14H2,1-3H3/t18-/m0/s1. The molecule has 4 rings (SSSR count). The van der Waals surface area contributed by atoms with Crippen molar-refractivity contribution in [2.75, 3.05) is 18.0 Å². The van der Waals surface area contributed by atoms with E-state index in [9.17, 15) is 9.59 Å². The predicted molar refractivity (Wildman–Crippen MR) is 113 cm³/mol. The lowest BCUT2D eigenvalue weighted by molar-refractivity contribution is 0.550. The zero-order valence-corrected chi connectivity index (χ0v) is 17.0. The van der Waals surface area contributed by atoms with Gasteiger partial charge in [-0.3, -0.25) is 18.6 Å². The number of hydrogen-bond acceptors (Lipinski definition) is 5. The third-order valence-electron chi connectivity index (χ3n) is 5.57. The Morgan fingerprint density at radius 1 is 1.10 bits per heavy atom. The molecule has 1 aliphatic rings. The number of benzene rings is 1. The van der Waals surface area contributed by atoms with Crippen molar-refractivity contribution in [3.8, 4) is 11.1 Å². The molecule has 3 aromatic rings. The second-order valence-electron chi connectivity index (χ2n) is 7.66. The van der Waals surface area contributed by atoms with Gasteiger partial charge in [0.25, 0.3) is 5.56 Å². The molecule has 1 aliphatic heterocycles. The molecule has 0 unspecified atom stereocenters. The number of nitrogens with one attached hydrogen (secondary N) is 1. The van der Waals surface area contributed by atoms with Crippen LogP contribution < -0.4 is 21.5 Å². The molecule has 2 aromatic heterocycles. The van der Waals surface area contributed by atoms with Crippen molar-refractivity contribution in [3.05, 3.63) is 69.1 Å². The van der Waals surface area contributed by atoms with Crippen molar-refractivity contribution >= 4 is 5.82 Å². The van der Waals surface area contributed by atoms with Gasteiger partial charge in [-0.15, -0.1) is 0 Å². The van der Waals surface area contributed by atoms with E-state index in [0.717, 1.165) is 41.7 Å². The van der Waals surface area contributed by atoms with Crippen LogP contribution >= 0.6 is 0 Å². The van der Waals surface area contributed by atoms with Gasteiger partial charge in [-0.25, -0.2) is 4.79 Å². The highest BCUT2D eigenvalue weighted by atomic mass is 16.2. The highest BCUT2D eigenvalue weighted by molar-refractivity contribution is 5.62. The molecular formula is C21H26N6O2. The molecule has 152 valence electrons. The van der Waals surface area contributed by atoms with Crippen molar-refractivity contribution in [2.24, 2.45) is 21.1 Å². The summed E-state index contributed by atoms with van der Waals surface area (Å²) in [5, 5.41) is 7.85. The minimum atomic E-state index is -0.295. The fourth-order valence-corrected chi connectivity index (χ4v) is 3.85. The lowest BCUT2D eigenvalue weighted by Gasteiger charge is -2.21. The monoisotopic (exact) mass is 394 g/mol. The molecule has 29 heavy (non-hydrogen) atoms. The van der Waals surface area contributed by atoms with E-state index in [1.807, 2.05) is 19.4 Å². The van der Waals surface area contributed by atoms with E-state index in [1.54, 1.807) is 22.4 Å². The molecule has 0 spiro atoms. The fourth-order valence-electron chi connectivity index (χ4n) is 3.85. The molecule has 0 radical (unpaired) electrons. The maximum Gasteiger partial charge on any atom is 0.332 e. The lowest BCUT2D eigenvalue weighted by Crippen LogP contribution is -2.40. The summed E-state index contributed by atoms with van der Waals surface area (Å²) in [6.45, 7) is 2.35. The first kappa shape index (κ1) is 19.2. The van der Waals surface area contributed by atoms with Crippen LogP contribution in [0, 0.1) is 0 Å². The summed E-state index contributed by atoms with van der Waals surface area (Å²) in [5.41, 5.74) is 2.90. The molecule has 1 atom stereocenters. The average molecular weight is 394 g/mol. The smallest absolute Gasteiger partial charge is 0.332 e. The second-order valence-corrected chi connectivity index (χ2v) is 7.66. The van der Waals surface area contributed by atoms with Gasteiger partial charge in [0.15, 0.2) is 0 Å². The van der Waals surface area contributed by atoms with Crippen LogP contribution in [0.15, 0.2) is 52.3 Å². The number of nitrogens with zero attached hydrogens (tertiary/aromatic N) is 5. The molecule has 1 aromatic carbocycles. The molecule has 1 N–H and O–H groups in total. The third-order valence-corrected chi connectivity index (χ3v) is 5.57. The van der Waals surface area contributed by atoms with E-state index >= 15 is 0 Å². The van der Waals surface area contributed by atoms with Gasteiger partial charge in [0.2, 0.25) is 0 Å². The first-order valence-electron chi connectivity index (χ1n) is 9.76. The van der Waals surface area contributed by atoms with Gasteiger partial charge in [0.05, 0.1) is 6.20 Å². The number of aryl methyl sites for hydroxylation is 1. The molecule has 0 aliphatic carbocycles. The van der Waals surface area contributed by atoms with Crippen molar-refractivity contribution in [1.82, 2.24) is 24.2 Å². The summed E-state index contributed by atoms with van der Waals surface area (Å²) in [5.74, 6) is 0.681. The first-order valence-corrected chi connectivity index (χ1v) is 9.76. The number of aromatic nitrogens is 4. The van der Waals surface area contributed by atoms with E-state index < -0.39 is 0 Å². The molecule has 0 amide bonds. The Hall–Kier alpha value is -3.13. The lowest BCUT2D eigenvalue weighted by atomic mass is 10.1. The largest absolute Gasteiger partial charge is 0.356 e. The summed E-state index contributed by atoms with van der Waals surface area (Å²) in [7, 11) is 5.13. The average Bonchev–Trinajstić information content (AvgIpc) is 3.37. The van der Waals surface area contributed by atoms with Gasteiger partial charge < -0.3 is 10.2 Å². The Kier molecular flexibility index (Phi) is 5.10. The minimum Gasteiger partial charge on any atom is -0.356 e. The van der Waals surface area contributed by atoms with Gasteiger partial charge in [-0.1, -0.05) is 18.2 Å². The van der Waals surface area contributed by atoms with Crippen molar-refractivity contribution < 1.29 is 0 Å². The quantitative estimate of drug-likeness (QED) is 0.694. The molecule has 1 saturated heterocycles. The molecule has 3 heterocycles. The number of rotatable bonds is 5. The van der Waals surface area contributed by atoms with Crippen LogP contribution in [0.5, 0.6) is 0 Å². The minimum absolute atomic E-state index is 0.272. The van der Waals surface area contributed by atoms with E-state index in [0.29, 0.717) is 11.9 Å². The van der Waals surface area contributed by atoms with E-state index in [1.165, 1.54) is 12.6 Å². The van der Waals surface area contributed by atoms with Crippen LogP contribution in [-0.4, -0.2) is 38.0 Å². The summed E-state index contributed by atoms with van der Waals surface area (Å²) < 4.78 is 4.48. The molecule has 0 saturated carbocycles. The Bertz CT molecular complexity index is 1140. The van der Waals surface area contributed by atoms with Gasteiger partial charge in [0, 0.05) is 64.6 Å². The topological polar surface area (TPSA) is 77.1 Å². The molecule has 8 nitrogen and oxygen atoms in total. The van der Waals surface area contributed by atoms with E-state index in [4.69, 9.17) is 0 Å². The highest BCUT2D eigenvalue weighted by Crippen LogP contribution is 2.21. The van der Waals surface area contributed by atoms with Crippen molar-refractivity contribution in [1.29, 1.82) is 0 Å². The maximum absolute atomic E-state index is 12.2. The van der Waals surface area contributed by atoms with Crippen molar-refractivity contribution in [3.63, 3.8) is 0 Å². The summed E-state index contributed by atoms with van der Waals surface area (Å²) >= 11 is 0. The predicted octanol–water partition coefficient (Wildman–Crippen LogP) is 0.853. The van der Waals surface area contributed by atoms with Gasteiger partial charge in [-0.2, -0.15) is 5.10 Å². The van der Waals surface area contributed by atoms with E-state index in [-0.39, 0.29) is 11.2 Å². The van der Waals surface area contributed by atoms with Gasteiger partial charge >= 0.3 is 5.69 Å². The Balaban J connectivity index is 1.42. The van der Waals surface area contributed by atoms with Crippen LogP contribution in [0.25, 0.3) is 11.1 Å². The Morgan fingerprint density at radius 3 is 2.69 bits per heavy atom. The molecular weight excluding hydrogens is 368 g/mol. The summed E-state index contributed by atoms with van der Waals surface area (Å²) in [6.07, 6.45) is 4.84. The maximum atomic E-state index is 12.2. The summed E-state index contributed by atoms with van der Waals surface area (Å²) in [4.78, 5) is 26.3. The number of hydrogen-bond donors (Lipinski definition) is 1. The summed E-state index contributed by atoms with van der Waals surface area (Å²) in [6, 6.07) is 10.3. The second kappa shape index (κ2) is 7.71. The Labute approximate surface area is 169 Å². The van der Waals surface area contributed by atoms with Crippen LogP contribution in [0.2, 0.25) is 0 Å². The van der Waals surface area contributed by atoms with Crippen molar-refractivity contribution in [2.45, 2.75) is 19.0 Å². The first-order chi connectivity index (χ1) is 13.9. The SMILES string of the molecule is Cn1cc(-c2cccc(CN[C@H]3CCN(c4cc(=O)n(C)c(=O)n4C)C3)c2)cn1. The zero-order chi connectivity index (χ0) is 20.5. The normalized spacial score (nSPS) is 16.5. The Morgan fingerprint density at radius 2 is 1.93 bits per heavy atom. The highest BCUT2D eigenvalue weighted by Gasteiger charge is 2.24. The van der Waals surface area contributed by atoms with E-state index in [2.05, 4.69) is 39.6 Å². The molecule has 8 heteroatoms. The van der Waals surface area contributed by atoms with Gasteiger partial charge in [-0.05, 0) is 23.6 Å². The fraction of sp³-hybridized carbons (Fsp3) is 0.381. The van der Waals surface area contributed by atoms with Gasteiger partial charge in [0.1, 0.15) is 5.82 Å². The van der Waals surface area contributed by atoms with Crippen LogP contribution in [0.1, 0.15) is 12.0 Å². The van der Waals surface area contributed by atoms with Crippen LogP contribution in [0.3, 0.4) is 0 Å². The zero-order valence-electron chi connectivity index (χ0n) is 17.0. The van der Waals surface area contributed by atoms with Crippen LogP contribution in [-0.2, 0) is 27.7 Å².